The summed E-state index contributed by atoms with van der Waals surface area (Å²) < 4.78 is 26.9. The van der Waals surface area contributed by atoms with Crippen LogP contribution in [0.5, 0.6) is 0 Å². The zero-order valence-corrected chi connectivity index (χ0v) is 21.5. The van der Waals surface area contributed by atoms with E-state index < -0.39 is 10.0 Å². The van der Waals surface area contributed by atoms with Crippen LogP contribution in [0.2, 0.25) is 0 Å². The Morgan fingerprint density at radius 2 is 1.69 bits per heavy atom. The minimum absolute atomic E-state index is 0.0365. The van der Waals surface area contributed by atoms with Gasteiger partial charge in [0.25, 0.3) is 0 Å². The van der Waals surface area contributed by atoms with Crippen molar-refractivity contribution in [2.24, 2.45) is 5.92 Å². The van der Waals surface area contributed by atoms with E-state index in [1.807, 2.05) is 42.5 Å². The van der Waals surface area contributed by atoms with Crippen LogP contribution in [0.25, 0.3) is 6.08 Å². The molecule has 1 amide bonds. The van der Waals surface area contributed by atoms with E-state index in [4.69, 9.17) is 0 Å². The van der Waals surface area contributed by atoms with Crippen molar-refractivity contribution in [3.8, 4) is 0 Å². The lowest BCUT2D eigenvalue weighted by Gasteiger charge is -2.36. The average Bonchev–Trinajstić information content (AvgIpc) is 2.88. The van der Waals surface area contributed by atoms with Crippen molar-refractivity contribution in [3.05, 3.63) is 65.1 Å². The first-order chi connectivity index (χ1) is 16.9. The molecule has 35 heavy (non-hydrogen) atoms. The number of hydrogen-bond donors (Lipinski definition) is 1. The Morgan fingerprint density at radius 3 is 2.31 bits per heavy atom. The van der Waals surface area contributed by atoms with Gasteiger partial charge in [-0.05, 0) is 61.7 Å². The normalized spacial score (nSPS) is 18.7. The van der Waals surface area contributed by atoms with Crippen molar-refractivity contribution >= 4 is 33.4 Å². The van der Waals surface area contributed by atoms with Crippen molar-refractivity contribution in [3.63, 3.8) is 0 Å². The molecule has 7 nitrogen and oxygen atoms in total. The number of rotatable bonds is 7. The second-order valence-corrected chi connectivity index (χ2v) is 11.2. The molecule has 4 rings (SSSR count). The first-order valence-electron chi connectivity index (χ1n) is 12.5. The zero-order chi connectivity index (χ0) is 24.8. The Bertz CT molecular complexity index is 1130. The maximum atomic E-state index is 12.9. The summed E-state index contributed by atoms with van der Waals surface area (Å²) in [5.74, 6) is -0.229. The summed E-state index contributed by atoms with van der Waals surface area (Å²) in [6, 6.07) is 15.5. The van der Waals surface area contributed by atoms with E-state index in [9.17, 15) is 13.2 Å². The summed E-state index contributed by atoms with van der Waals surface area (Å²) >= 11 is 0. The Hall–Kier alpha value is -2.68. The molecule has 2 aliphatic heterocycles. The summed E-state index contributed by atoms with van der Waals surface area (Å²) in [4.78, 5) is 17.8. The van der Waals surface area contributed by atoms with Gasteiger partial charge in [-0.1, -0.05) is 37.3 Å². The van der Waals surface area contributed by atoms with E-state index in [2.05, 4.69) is 35.0 Å². The zero-order valence-electron chi connectivity index (χ0n) is 20.7. The summed E-state index contributed by atoms with van der Waals surface area (Å²) in [5.41, 5.74) is 4.01. The molecular formula is C27H36N4O3S. The Balaban J connectivity index is 1.29. The van der Waals surface area contributed by atoms with Crippen LogP contribution < -0.4 is 10.2 Å². The lowest BCUT2D eigenvalue weighted by atomic mass is 9.97. The van der Waals surface area contributed by atoms with Crippen molar-refractivity contribution < 1.29 is 13.2 Å². The van der Waals surface area contributed by atoms with E-state index in [0.29, 0.717) is 25.9 Å². The Kier molecular flexibility index (Phi) is 8.26. The fourth-order valence-electron chi connectivity index (χ4n) is 4.82. The molecule has 0 aromatic heterocycles. The Labute approximate surface area is 209 Å². The van der Waals surface area contributed by atoms with Crippen LogP contribution >= 0.6 is 0 Å². The Morgan fingerprint density at radius 1 is 1.00 bits per heavy atom. The molecule has 2 heterocycles. The number of aryl methyl sites for hydroxylation is 1. The molecule has 0 bridgehead atoms. The van der Waals surface area contributed by atoms with E-state index in [0.717, 1.165) is 49.5 Å². The van der Waals surface area contributed by atoms with Crippen LogP contribution in [-0.4, -0.2) is 69.3 Å². The van der Waals surface area contributed by atoms with Gasteiger partial charge in [-0.15, -0.1) is 0 Å². The van der Waals surface area contributed by atoms with Crippen molar-refractivity contribution in [1.82, 2.24) is 9.21 Å². The third-order valence-electron chi connectivity index (χ3n) is 7.04. The SMILES string of the molecule is CCN1CCN(c2ccc(NC(=O)C3CCN(S(=O)(=O)/C=C/c4ccccc4)CC3)cc2C)CC1. The molecule has 0 aliphatic carbocycles. The second-order valence-electron chi connectivity index (χ2n) is 9.34. The highest BCUT2D eigenvalue weighted by Gasteiger charge is 2.30. The lowest BCUT2D eigenvalue weighted by Crippen LogP contribution is -2.46. The summed E-state index contributed by atoms with van der Waals surface area (Å²) in [7, 11) is -3.50. The molecule has 0 radical (unpaired) electrons. The fourth-order valence-corrected chi connectivity index (χ4v) is 6.05. The number of nitrogens with zero attached hydrogens (tertiary/aromatic N) is 3. The van der Waals surface area contributed by atoms with Gasteiger partial charge in [0.2, 0.25) is 15.9 Å². The topological polar surface area (TPSA) is 73.0 Å². The van der Waals surface area contributed by atoms with Crippen LogP contribution in [0, 0.1) is 12.8 Å². The second kappa shape index (κ2) is 11.4. The molecule has 2 aromatic carbocycles. The minimum atomic E-state index is -3.50. The maximum absolute atomic E-state index is 12.9. The summed E-state index contributed by atoms with van der Waals surface area (Å²) in [6.45, 7) is 10.3. The molecule has 2 aromatic rings. The number of carbonyl (C=O) groups excluding carboxylic acids is 1. The monoisotopic (exact) mass is 496 g/mol. The number of hydrogen-bond acceptors (Lipinski definition) is 5. The van der Waals surface area contributed by atoms with Gasteiger partial charge in [0.15, 0.2) is 0 Å². The van der Waals surface area contributed by atoms with Gasteiger partial charge in [0.1, 0.15) is 0 Å². The van der Waals surface area contributed by atoms with Gasteiger partial charge >= 0.3 is 0 Å². The number of piperazine rings is 1. The van der Waals surface area contributed by atoms with Gasteiger partial charge in [0.05, 0.1) is 0 Å². The highest BCUT2D eigenvalue weighted by atomic mass is 32.2. The lowest BCUT2D eigenvalue weighted by molar-refractivity contribution is -0.120. The van der Waals surface area contributed by atoms with Gasteiger partial charge in [-0.3, -0.25) is 4.79 Å². The number of likely N-dealkylation sites (N-methyl/N-ethyl adjacent to an activating group) is 1. The maximum Gasteiger partial charge on any atom is 0.236 e. The molecule has 188 valence electrons. The molecule has 0 saturated carbocycles. The molecule has 0 atom stereocenters. The predicted molar refractivity (Wildman–Crippen MR) is 143 cm³/mol. The largest absolute Gasteiger partial charge is 0.369 e. The number of sulfonamides is 1. The van der Waals surface area contributed by atoms with E-state index in [1.165, 1.54) is 15.4 Å². The van der Waals surface area contributed by atoms with Crippen LogP contribution in [0.3, 0.4) is 0 Å². The van der Waals surface area contributed by atoms with Gasteiger partial charge < -0.3 is 15.1 Å². The number of anilines is 2. The van der Waals surface area contributed by atoms with Gasteiger partial charge in [-0.25, -0.2) is 8.42 Å². The van der Waals surface area contributed by atoms with Crippen LogP contribution in [0.1, 0.15) is 30.9 Å². The first-order valence-corrected chi connectivity index (χ1v) is 14.0. The molecule has 0 unspecified atom stereocenters. The molecule has 1 N–H and O–H groups in total. The summed E-state index contributed by atoms with van der Waals surface area (Å²) in [6.07, 6.45) is 2.65. The van der Waals surface area contributed by atoms with Gasteiger partial charge in [-0.2, -0.15) is 4.31 Å². The van der Waals surface area contributed by atoms with E-state index >= 15 is 0 Å². The number of nitrogens with one attached hydrogen (secondary N) is 1. The first kappa shape index (κ1) is 25.4. The van der Waals surface area contributed by atoms with Gasteiger partial charge in [0, 0.05) is 62.0 Å². The predicted octanol–water partition coefficient (Wildman–Crippen LogP) is 3.79. The smallest absolute Gasteiger partial charge is 0.236 e. The number of carbonyl (C=O) groups is 1. The average molecular weight is 497 g/mol. The standard InChI is InChI=1S/C27H36N4O3S/c1-3-29-16-18-30(19-17-29)26-10-9-25(21-22(26)2)28-27(32)24-11-14-31(15-12-24)35(33,34)20-13-23-7-5-4-6-8-23/h4-10,13,20-21,24H,3,11-12,14-19H2,1-2H3,(H,28,32)/b20-13+. The third-order valence-corrected chi connectivity index (χ3v) is 8.61. The van der Waals surface area contributed by atoms with Crippen molar-refractivity contribution in [2.75, 3.05) is 56.0 Å². The number of piperidine rings is 1. The van der Waals surface area contributed by atoms with Crippen LogP contribution in [-0.2, 0) is 14.8 Å². The fraction of sp³-hybridized carbons (Fsp3) is 0.444. The molecule has 2 fully saturated rings. The number of amides is 1. The van der Waals surface area contributed by atoms with Crippen molar-refractivity contribution in [2.45, 2.75) is 26.7 Å². The minimum Gasteiger partial charge on any atom is -0.369 e. The molecular weight excluding hydrogens is 460 g/mol. The highest BCUT2D eigenvalue weighted by Crippen LogP contribution is 2.27. The van der Waals surface area contributed by atoms with E-state index in [-0.39, 0.29) is 11.8 Å². The van der Waals surface area contributed by atoms with Crippen molar-refractivity contribution in [1.29, 1.82) is 0 Å². The third kappa shape index (κ3) is 6.51. The number of benzene rings is 2. The molecule has 2 saturated heterocycles. The quantitative estimate of drug-likeness (QED) is 0.632. The molecule has 2 aliphatic rings. The highest BCUT2D eigenvalue weighted by molar-refractivity contribution is 7.92. The van der Waals surface area contributed by atoms with Crippen LogP contribution in [0.4, 0.5) is 11.4 Å². The van der Waals surface area contributed by atoms with Crippen LogP contribution in [0.15, 0.2) is 53.9 Å². The van der Waals surface area contributed by atoms with E-state index in [1.54, 1.807) is 6.08 Å². The molecule has 0 spiro atoms. The molecule has 8 heteroatoms. The summed E-state index contributed by atoms with van der Waals surface area (Å²) in [5, 5.41) is 4.31.